The van der Waals surface area contributed by atoms with E-state index in [1.807, 2.05) is 62.7 Å². The Morgan fingerprint density at radius 3 is 2.78 bits per heavy atom. The van der Waals surface area contributed by atoms with Crippen LogP contribution in [0.25, 0.3) is 11.0 Å². The summed E-state index contributed by atoms with van der Waals surface area (Å²) in [6.07, 6.45) is 3.62. The summed E-state index contributed by atoms with van der Waals surface area (Å²) in [5, 5.41) is 13.5. The van der Waals surface area contributed by atoms with E-state index in [0.29, 0.717) is 18.7 Å². The van der Waals surface area contributed by atoms with E-state index in [9.17, 15) is 13.2 Å². The Morgan fingerprint density at radius 1 is 1.18 bits per heavy atom. The number of anilines is 1. The number of fused-ring (bicyclic) bond motifs is 2. The van der Waals surface area contributed by atoms with E-state index >= 15 is 0 Å². The number of carbonyl (C=O) groups excluding carboxylic acids is 1. The molecule has 0 saturated carbocycles. The summed E-state index contributed by atoms with van der Waals surface area (Å²) in [6, 6.07) is 13.2. The Morgan fingerprint density at radius 2 is 2.02 bits per heavy atom. The number of nitrogens with one attached hydrogen (secondary N) is 1. The third kappa shape index (κ3) is 6.07. The van der Waals surface area contributed by atoms with Crippen molar-refractivity contribution >= 4 is 44.2 Å². The van der Waals surface area contributed by atoms with Crippen LogP contribution in [0, 0.1) is 13.8 Å². The van der Waals surface area contributed by atoms with Crippen molar-refractivity contribution in [2.45, 2.75) is 70.5 Å². The molecule has 13 heteroatoms. The predicted octanol–water partition coefficient (Wildman–Crippen LogP) is 5.44. The fraction of sp³-hybridized carbons (Fsp3) is 0.344. The second-order valence-electron chi connectivity index (χ2n) is 11.2. The number of carbonyl (C=O) groups is 1. The number of pyridine rings is 1. The van der Waals surface area contributed by atoms with Crippen LogP contribution >= 0.6 is 11.5 Å². The molecule has 0 radical (unpaired) electrons. The van der Waals surface area contributed by atoms with Gasteiger partial charge in [0.1, 0.15) is 16.5 Å². The van der Waals surface area contributed by atoms with Gasteiger partial charge in [-0.05, 0) is 84.7 Å². The number of benzene rings is 2. The molecule has 6 rings (SSSR count). The molecule has 2 aromatic carbocycles. The number of hydrogen-bond acceptors (Lipinski definition) is 9. The van der Waals surface area contributed by atoms with Crippen molar-refractivity contribution in [3.8, 4) is 5.88 Å². The maximum atomic E-state index is 13.9. The van der Waals surface area contributed by atoms with Gasteiger partial charge in [0.2, 0.25) is 21.8 Å². The molecule has 234 valence electrons. The van der Waals surface area contributed by atoms with Crippen molar-refractivity contribution in [1.29, 1.82) is 0 Å². The van der Waals surface area contributed by atoms with Crippen molar-refractivity contribution in [2.75, 3.05) is 11.9 Å². The van der Waals surface area contributed by atoms with Crippen LogP contribution in [0.5, 0.6) is 5.88 Å². The number of rotatable bonds is 9. The summed E-state index contributed by atoms with van der Waals surface area (Å²) >= 11 is 1.27. The minimum atomic E-state index is -3.88. The lowest BCUT2D eigenvalue weighted by atomic mass is 9.84. The Balaban J connectivity index is 1.40. The van der Waals surface area contributed by atoms with Crippen LogP contribution in [-0.4, -0.2) is 55.6 Å². The molecule has 0 bridgehead atoms. The van der Waals surface area contributed by atoms with Gasteiger partial charge >= 0.3 is 0 Å². The van der Waals surface area contributed by atoms with Crippen LogP contribution in [0.4, 0.5) is 5.69 Å². The molecule has 2 atom stereocenters. The van der Waals surface area contributed by atoms with Crippen LogP contribution in [0.2, 0.25) is 0 Å². The molecule has 11 nitrogen and oxygen atoms in total. The van der Waals surface area contributed by atoms with Gasteiger partial charge in [-0.3, -0.25) is 4.79 Å². The highest BCUT2D eigenvalue weighted by molar-refractivity contribution is 7.89. The number of aryl methyl sites for hydroxylation is 3. The molecule has 5 aromatic rings. The molecule has 0 fully saturated rings. The lowest BCUT2D eigenvalue weighted by Crippen LogP contribution is -2.36. The van der Waals surface area contributed by atoms with E-state index in [1.165, 1.54) is 28.1 Å². The Hall–Kier alpha value is -4.20. The van der Waals surface area contributed by atoms with Crippen molar-refractivity contribution in [1.82, 2.24) is 28.7 Å². The average Bonchev–Trinajstić information content (AvgIpc) is 3.68. The standard InChI is InChI=1S/C32H35N7O4S2/c1-5-25-18-38(45(41,42)29-8-7-13-33-32(29)43-25)17-23-14-22(10-9-20(23)3)27(15-30(40)35-24-16-34-44-19-24)26-11-12-28-31(21(26)4)36-37-39(28)6-2/h7-14,16,19,25,27H,5-6,15,17-18H2,1-4H3,(H,35,40)/t25-,27?/m1/s1. The lowest BCUT2D eigenvalue weighted by molar-refractivity contribution is -0.116. The molecular formula is C32H35N7O4S2. The summed E-state index contributed by atoms with van der Waals surface area (Å²) in [6.45, 7) is 9.01. The van der Waals surface area contributed by atoms with Gasteiger partial charge in [0.05, 0.1) is 23.9 Å². The second kappa shape index (κ2) is 12.7. The first-order valence-corrected chi connectivity index (χ1v) is 17.2. The van der Waals surface area contributed by atoms with Crippen molar-refractivity contribution < 1.29 is 17.9 Å². The average molecular weight is 646 g/mol. The quantitative estimate of drug-likeness (QED) is 0.224. The minimum Gasteiger partial charge on any atom is -0.472 e. The van der Waals surface area contributed by atoms with Gasteiger partial charge in [0, 0.05) is 37.0 Å². The number of aromatic nitrogens is 5. The number of amides is 1. The molecule has 1 amide bonds. The highest BCUT2D eigenvalue weighted by atomic mass is 32.2. The lowest BCUT2D eigenvalue weighted by Gasteiger charge is -2.25. The molecule has 1 N–H and O–H groups in total. The molecule has 0 spiro atoms. The SMILES string of the molecule is CC[C@@H]1CN(Cc2cc(C(CC(=O)Nc3cnsc3)c3ccc4c(nnn4CC)c3C)ccc2C)S(=O)(=O)c2cccnc2O1. The fourth-order valence-electron chi connectivity index (χ4n) is 5.82. The molecular weight excluding hydrogens is 611 g/mol. The zero-order valence-corrected chi connectivity index (χ0v) is 27.2. The number of ether oxygens (including phenoxy) is 1. The summed E-state index contributed by atoms with van der Waals surface area (Å²) in [7, 11) is -3.88. The van der Waals surface area contributed by atoms with E-state index in [1.54, 1.807) is 17.6 Å². The molecule has 1 unspecified atom stereocenters. The first kappa shape index (κ1) is 30.8. The van der Waals surface area contributed by atoms with E-state index in [-0.39, 0.29) is 48.2 Å². The topological polar surface area (TPSA) is 132 Å². The molecule has 1 aliphatic heterocycles. The number of sulfonamides is 1. The smallest absolute Gasteiger partial charge is 0.248 e. The predicted molar refractivity (Wildman–Crippen MR) is 173 cm³/mol. The van der Waals surface area contributed by atoms with Crippen LogP contribution in [-0.2, 0) is 27.9 Å². The van der Waals surface area contributed by atoms with Crippen LogP contribution in [0.1, 0.15) is 60.4 Å². The maximum absolute atomic E-state index is 13.9. The molecule has 1 aliphatic rings. The Labute approximate surface area is 266 Å². The normalized spacial score (nSPS) is 16.9. The molecule has 0 saturated heterocycles. The van der Waals surface area contributed by atoms with E-state index < -0.39 is 10.0 Å². The highest BCUT2D eigenvalue weighted by Gasteiger charge is 2.35. The second-order valence-corrected chi connectivity index (χ2v) is 13.8. The van der Waals surface area contributed by atoms with Crippen LogP contribution in [0.15, 0.2) is 65.1 Å². The summed E-state index contributed by atoms with van der Waals surface area (Å²) in [5.41, 5.74) is 6.99. The van der Waals surface area contributed by atoms with E-state index in [0.717, 1.165) is 38.9 Å². The third-order valence-electron chi connectivity index (χ3n) is 8.38. The number of hydrogen-bond donors (Lipinski definition) is 1. The van der Waals surface area contributed by atoms with Gasteiger partial charge in [-0.25, -0.2) is 18.1 Å². The first-order chi connectivity index (χ1) is 21.7. The van der Waals surface area contributed by atoms with Crippen LogP contribution < -0.4 is 10.1 Å². The highest BCUT2D eigenvalue weighted by Crippen LogP contribution is 2.36. The zero-order chi connectivity index (χ0) is 31.7. The minimum absolute atomic E-state index is 0.0660. The fourth-order valence-corrected chi connectivity index (χ4v) is 7.81. The molecule has 3 aromatic heterocycles. The summed E-state index contributed by atoms with van der Waals surface area (Å²) in [5.74, 6) is -0.347. The molecule has 45 heavy (non-hydrogen) atoms. The van der Waals surface area contributed by atoms with Gasteiger partial charge in [-0.2, -0.15) is 8.68 Å². The van der Waals surface area contributed by atoms with Gasteiger partial charge in [-0.15, -0.1) is 5.10 Å². The third-order valence-corrected chi connectivity index (χ3v) is 10.8. The van der Waals surface area contributed by atoms with E-state index in [2.05, 4.69) is 25.0 Å². The zero-order valence-electron chi connectivity index (χ0n) is 25.6. The largest absolute Gasteiger partial charge is 0.472 e. The van der Waals surface area contributed by atoms with Crippen molar-refractivity contribution in [3.05, 3.63) is 88.1 Å². The summed E-state index contributed by atoms with van der Waals surface area (Å²) < 4.78 is 41.2. The first-order valence-electron chi connectivity index (χ1n) is 14.9. The Bertz CT molecular complexity index is 1960. The van der Waals surface area contributed by atoms with Crippen LogP contribution in [0.3, 0.4) is 0 Å². The van der Waals surface area contributed by atoms with Gasteiger partial charge in [0.15, 0.2) is 0 Å². The number of nitrogens with zero attached hydrogens (tertiary/aromatic N) is 6. The van der Waals surface area contributed by atoms with Crippen molar-refractivity contribution in [2.24, 2.45) is 0 Å². The van der Waals surface area contributed by atoms with E-state index in [4.69, 9.17) is 4.74 Å². The maximum Gasteiger partial charge on any atom is 0.248 e. The summed E-state index contributed by atoms with van der Waals surface area (Å²) in [4.78, 5) is 17.7. The Kier molecular flexibility index (Phi) is 8.67. The van der Waals surface area contributed by atoms with Gasteiger partial charge in [0.25, 0.3) is 0 Å². The van der Waals surface area contributed by atoms with Gasteiger partial charge < -0.3 is 10.1 Å². The molecule has 4 heterocycles. The van der Waals surface area contributed by atoms with Crippen molar-refractivity contribution in [3.63, 3.8) is 0 Å². The monoisotopic (exact) mass is 645 g/mol. The molecule has 0 aliphatic carbocycles. The van der Waals surface area contributed by atoms with Gasteiger partial charge in [-0.1, -0.05) is 36.4 Å².